The molecule has 1 saturated heterocycles. The van der Waals surface area contributed by atoms with Crippen molar-refractivity contribution in [3.63, 3.8) is 0 Å². The maximum atomic E-state index is 11.6. The molecule has 0 spiro atoms. The number of β-amino-alcohol motifs (C(OH)–C–C–N with tert-alkyl or cyclic N) is 1. The highest BCUT2D eigenvalue weighted by Crippen LogP contribution is 2.19. The fourth-order valence-corrected chi connectivity index (χ4v) is 2.45. The average molecular weight is 300 g/mol. The van der Waals surface area contributed by atoms with Crippen molar-refractivity contribution < 1.29 is 19.4 Å². The maximum absolute atomic E-state index is 11.6. The van der Waals surface area contributed by atoms with Gasteiger partial charge in [-0.3, -0.25) is 9.69 Å². The third-order valence-corrected chi connectivity index (χ3v) is 3.57. The van der Waals surface area contributed by atoms with E-state index in [4.69, 9.17) is 21.1 Å². The molecule has 6 heteroatoms. The zero-order chi connectivity index (χ0) is 14.5. The van der Waals surface area contributed by atoms with E-state index in [1.807, 2.05) is 4.90 Å². The van der Waals surface area contributed by atoms with Crippen LogP contribution in [0.4, 0.5) is 0 Å². The standard InChI is InChI=1S/C14H18ClNO4/c1-19-14(18)13-8-11(17)9-16(13)6-7-20-12-4-2-10(15)3-5-12/h2-5,11,13,17H,6-9H2,1H3. The first kappa shape index (κ1) is 15.1. The monoisotopic (exact) mass is 299 g/mol. The number of benzene rings is 1. The molecule has 1 aliphatic heterocycles. The molecule has 5 nitrogen and oxygen atoms in total. The molecule has 0 saturated carbocycles. The molecule has 0 bridgehead atoms. The number of hydrogen-bond donors (Lipinski definition) is 1. The Kier molecular flexibility index (Phi) is 5.23. The lowest BCUT2D eigenvalue weighted by atomic mass is 10.2. The Morgan fingerprint density at radius 1 is 1.45 bits per heavy atom. The summed E-state index contributed by atoms with van der Waals surface area (Å²) in [4.78, 5) is 13.5. The molecule has 1 aromatic carbocycles. The first-order valence-electron chi connectivity index (χ1n) is 6.48. The lowest BCUT2D eigenvalue weighted by Crippen LogP contribution is -2.39. The SMILES string of the molecule is COC(=O)C1CC(O)CN1CCOc1ccc(Cl)cc1. The predicted molar refractivity (Wildman–Crippen MR) is 74.9 cm³/mol. The number of likely N-dealkylation sites (tertiary alicyclic amines) is 1. The molecule has 1 aromatic rings. The Morgan fingerprint density at radius 3 is 2.80 bits per heavy atom. The zero-order valence-corrected chi connectivity index (χ0v) is 12.0. The number of carbonyl (C=O) groups excluding carboxylic acids is 1. The van der Waals surface area contributed by atoms with Gasteiger partial charge in [-0.2, -0.15) is 0 Å². The summed E-state index contributed by atoms with van der Waals surface area (Å²) in [5.74, 6) is 0.414. The number of aliphatic hydroxyl groups is 1. The second kappa shape index (κ2) is 6.92. The number of esters is 1. The minimum absolute atomic E-state index is 0.312. The smallest absolute Gasteiger partial charge is 0.323 e. The number of aliphatic hydroxyl groups excluding tert-OH is 1. The summed E-state index contributed by atoms with van der Waals surface area (Å²) in [6, 6.07) is 6.71. The van der Waals surface area contributed by atoms with Crippen molar-refractivity contribution in [1.29, 1.82) is 0 Å². The van der Waals surface area contributed by atoms with Crippen molar-refractivity contribution in [2.24, 2.45) is 0 Å². The number of hydrogen-bond acceptors (Lipinski definition) is 5. The van der Waals surface area contributed by atoms with Gasteiger partial charge in [-0.25, -0.2) is 0 Å². The third kappa shape index (κ3) is 3.85. The van der Waals surface area contributed by atoms with Crippen molar-refractivity contribution in [1.82, 2.24) is 4.90 Å². The summed E-state index contributed by atoms with van der Waals surface area (Å²) in [6.45, 7) is 1.45. The van der Waals surface area contributed by atoms with Crippen LogP contribution in [-0.2, 0) is 9.53 Å². The second-order valence-electron chi connectivity index (χ2n) is 4.73. The number of ether oxygens (including phenoxy) is 2. The highest BCUT2D eigenvalue weighted by molar-refractivity contribution is 6.30. The van der Waals surface area contributed by atoms with Crippen LogP contribution in [0.5, 0.6) is 5.75 Å². The fraction of sp³-hybridized carbons (Fsp3) is 0.500. The van der Waals surface area contributed by atoms with E-state index in [0.717, 1.165) is 5.75 Å². The quantitative estimate of drug-likeness (QED) is 0.831. The second-order valence-corrected chi connectivity index (χ2v) is 5.16. The summed E-state index contributed by atoms with van der Waals surface area (Å²) in [7, 11) is 1.36. The minimum atomic E-state index is -0.491. The van der Waals surface area contributed by atoms with Crippen LogP contribution in [0.1, 0.15) is 6.42 Å². The Labute approximate surface area is 123 Å². The van der Waals surface area contributed by atoms with Gasteiger partial charge in [0.25, 0.3) is 0 Å². The van der Waals surface area contributed by atoms with Crippen LogP contribution in [0.15, 0.2) is 24.3 Å². The van der Waals surface area contributed by atoms with E-state index in [2.05, 4.69) is 0 Å². The van der Waals surface area contributed by atoms with Gasteiger partial charge in [0.2, 0.25) is 0 Å². The molecule has 1 N–H and O–H groups in total. The summed E-state index contributed by atoms with van der Waals surface area (Å²) in [5.41, 5.74) is 0. The lowest BCUT2D eigenvalue weighted by Gasteiger charge is -2.21. The van der Waals surface area contributed by atoms with Crippen molar-refractivity contribution in [2.75, 3.05) is 26.8 Å². The summed E-state index contributed by atoms with van der Waals surface area (Å²) >= 11 is 5.79. The largest absolute Gasteiger partial charge is 0.492 e. The van der Waals surface area contributed by atoms with E-state index in [0.29, 0.717) is 31.1 Å². The normalized spacial score (nSPS) is 22.8. The van der Waals surface area contributed by atoms with Gasteiger partial charge in [0, 0.05) is 24.5 Å². The van der Waals surface area contributed by atoms with Gasteiger partial charge < -0.3 is 14.6 Å². The summed E-state index contributed by atoms with van der Waals surface area (Å²) in [6.07, 6.45) is -0.0807. The molecule has 1 aliphatic rings. The highest BCUT2D eigenvalue weighted by atomic mass is 35.5. The Hall–Kier alpha value is -1.30. The number of carbonyl (C=O) groups is 1. The molecule has 1 fully saturated rings. The topological polar surface area (TPSA) is 59.0 Å². The molecule has 110 valence electrons. The van der Waals surface area contributed by atoms with Gasteiger partial charge in [-0.15, -0.1) is 0 Å². The zero-order valence-electron chi connectivity index (χ0n) is 11.3. The van der Waals surface area contributed by atoms with Crippen molar-refractivity contribution in [3.05, 3.63) is 29.3 Å². The third-order valence-electron chi connectivity index (χ3n) is 3.32. The maximum Gasteiger partial charge on any atom is 0.323 e. The van der Waals surface area contributed by atoms with Gasteiger partial charge in [0.15, 0.2) is 0 Å². The van der Waals surface area contributed by atoms with Gasteiger partial charge >= 0.3 is 5.97 Å². The van der Waals surface area contributed by atoms with Crippen molar-refractivity contribution in [2.45, 2.75) is 18.6 Å². The van der Waals surface area contributed by atoms with Crippen molar-refractivity contribution in [3.8, 4) is 5.75 Å². The molecule has 0 radical (unpaired) electrons. The number of methoxy groups -OCH3 is 1. The van der Waals surface area contributed by atoms with E-state index in [1.165, 1.54) is 7.11 Å². The lowest BCUT2D eigenvalue weighted by molar-refractivity contribution is -0.146. The Balaban J connectivity index is 1.83. The fourth-order valence-electron chi connectivity index (χ4n) is 2.32. The first-order valence-corrected chi connectivity index (χ1v) is 6.86. The van der Waals surface area contributed by atoms with E-state index >= 15 is 0 Å². The molecule has 1 heterocycles. The van der Waals surface area contributed by atoms with E-state index in [9.17, 15) is 9.90 Å². The van der Waals surface area contributed by atoms with E-state index in [-0.39, 0.29) is 12.0 Å². The molecule has 0 aliphatic carbocycles. The minimum Gasteiger partial charge on any atom is -0.492 e. The number of nitrogens with zero attached hydrogens (tertiary/aromatic N) is 1. The van der Waals surface area contributed by atoms with Crippen LogP contribution >= 0.6 is 11.6 Å². The average Bonchev–Trinajstić information content (AvgIpc) is 2.81. The predicted octanol–water partition coefficient (Wildman–Crippen LogP) is 1.33. The molecule has 0 amide bonds. The van der Waals surface area contributed by atoms with Crippen LogP contribution < -0.4 is 4.74 Å². The van der Waals surface area contributed by atoms with Gasteiger partial charge in [-0.1, -0.05) is 11.6 Å². The molecule has 20 heavy (non-hydrogen) atoms. The van der Waals surface area contributed by atoms with Gasteiger partial charge in [0.05, 0.1) is 13.2 Å². The van der Waals surface area contributed by atoms with Crippen LogP contribution in [-0.4, -0.2) is 54.9 Å². The number of rotatable bonds is 5. The molecule has 2 rings (SSSR count). The Bertz CT molecular complexity index is 451. The highest BCUT2D eigenvalue weighted by Gasteiger charge is 2.36. The van der Waals surface area contributed by atoms with Gasteiger partial charge in [-0.05, 0) is 24.3 Å². The molecular formula is C14H18ClNO4. The summed E-state index contributed by atoms with van der Waals surface area (Å²) < 4.78 is 10.3. The van der Waals surface area contributed by atoms with Crippen LogP contribution in [0.25, 0.3) is 0 Å². The van der Waals surface area contributed by atoms with Crippen LogP contribution in [0.2, 0.25) is 5.02 Å². The van der Waals surface area contributed by atoms with E-state index < -0.39 is 6.10 Å². The first-order chi connectivity index (χ1) is 9.60. The van der Waals surface area contributed by atoms with Crippen LogP contribution in [0.3, 0.4) is 0 Å². The molecular weight excluding hydrogens is 282 g/mol. The summed E-state index contributed by atoms with van der Waals surface area (Å²) in [5, 5.41) is 10.3. The van der Waals surface area contributed by atoms with Gasteiger partial charge in [0.1, 0.15) is 18.4 Å². The Morgan fingerprint density at radius 2 is 2.15 bits per heavy atom. The number of halogens is 1. The molecule has 2 atom stereocenters. The van der Waals surface area contributed by atoms with Crippen LogP contribution in [0, 0.1) is 0 Å². The molecule has 2 unspecified atom stereocenters. The van der Waals surface area contributed by atoms with E-state index in [1.54, 1.807) is 24.3 Å². The molecule has 0 aromatic heterocycles. The van der Waals surface area contributed by atoms with Crippen molar-refractivity contribution >= 4 is 17.6 Å².